The van der Waals surface area contributed by atoms with Crippen LogP contribution in [0.3, 0.4) is 0 Å². The number of fused-ring (bicyclic) bond motifs is 1. The third kappa shape index (κ3) is 3.14. The first-order valence-electron chi connectivity index (χ1n) is 8.53. The van der Waals surface area contributed by atoms with E-state index in [1.807, 2.05) is 40.9 Å². The summed E-state index contributed by atoms with van der Waals surface area (Å²) in [5.74, 6) is 1.02. The van der Waals surface area contributed by atoms with Gasteiger partial charge in [-0.05, 0) is 43.5 Å². The first kappa shape index (κ1) is 16.1. The molecule has 3 heterocycles. The van der Waals surface area contributed by atoms with Gasteiger partial charge in [-0.25, -0.2) is 4.98 Å². The Kier molecular flexibility index (Phi) is 4.21. The molecule has 1 fully saturated rings. The standard InChI is InChI=1S/C18H20ClN5O/c1-23-13(8-9-20-23)5-7-17(25)24-10-2-3-16(24)18-21-14-6-4-12(19)11-15(14)22-18/h4,6,8-9,11,16H,2-3,5,7,10H2,1H3,(H,21,22)/t16-/m1/s1. The van der Waals surface area contributed by atoms with Crippen LogP contribution in [0.1, 0.15) is 36.8 Å². The molecule has 1 amide bonds. The first-order valence-corrected chi connectivity index (χ1v) is 8.91. The fraction of sp³-hybridized carbons (Fsp3) is 0.389. The fourth-order valence-electron chi connectivity index (χ4n) is 3.53. The number of likely N-dealkylation sites (tertiary alicyclic amines) is 1. The van der Waals surface area contributed by atoms with Crippen molar-refractivity contribution in [3.63, 3.8) is 0 Å². The van der Waals surface area contributed by atoms with Crippen LogP contribution in [0.5, 0.6) is 0 Å². The quantitative estimate of drug-likeness (QED) is 0.779. The number of aryl methyl sites for hydroxylation is 2. The Hall–Kier alpha value is -2.34. The van der Waals surface area contributed by atoms with E-state index in [0.717, 1.165) is 41.9 Å². The van der Waals surface area contributed by atoms with Crippen LogP contribution in [-0.4, -0.2) is 37.1 Å². The molecule has 7 heteroatoms. The molecule has 4 rings (SSSR count). The van der Waals surface area contributed by atoms with E-state index in [4.69, 9.17) is 11.6 Å². The third-order valence-electron chi connectivity index (χ3n) is 4.87. The summed E-state index contributed by atoms with van der Waals surface area (Å²) >= 11 is 6.05. The van der Waals surface area contributed by atoms with Gasteiger partial charge in [-0.1, -0.05) is 11.6 Å². The summed E-state index contributed by atoms with van der Waals surface area (Å²) in [4.78, 5) is 22.7. The summed E-state index contributed by atoms with van der Waals surface area (Å²) < 4.78 is 1.82. The van der Waals surface area contributed by atoms with E-state index in [-0.39, 0.29) is 11.9 Å². The molecule has 0 radical (unpaired) electrons. The SMILES string of the molecule is Cn1nccc1CCC(=O)N1CCC[C@@H]1c1nc2ccc(Cl)cc2[nH]1. The van der Waals surface area contributed by atoms with Crippen LogP contribution in [0.2, 0.25) is 5.02 Å². The number of nitrogens with zero attached hydrogens (tertiary/aromatic N) is 4. The Morgan fingerprint density at radius 3 is 3.08 bits per heavy atom. The van der Waals surface area contributed by atoms with Crippen molar-refractivity contribution in [2.24, 2.45) is 7.05 Å². The fourth-order valence-corrected chi connectivity index (χ4v) is 3.71. The lowest BCUT2D eigenvalue weighted by molar-refractivity contribution is -0.132. The number of amides is 1. The lowest BCUT2D eigenvalue weighted by Gasteiger charge is -2.23. The van der Waals surface area contributed by atoms with Crippen LogP contribution in [0.15, 0.2) is 30.5 Å². The Balaban J connectivity index is 1.50. The number of hydrogen-bond donors (Lipinski definition) is 1. The number of carbonyl (C=O) groups excluding carboxylic acids is 1. The zero-order chi connectivity index (χ0) is 17.4. The normalized spacial score (nSPS) is 17.5. The molecule has 1 aromatic carbocycles. The molecule has 3 aromatic rings. The smallest absolute Gasteiger partial charge is 0.223 e. The highest BCUT2D eigenvalue weighted by atomic mass is 35.5. The zero-order valence-corrected chi connectivity index (χ0v) is 14.8. The molecule has 1 aliphatic rings. The van der Waals surface area contributed by atoms with E-state index in [1.54, 1.807) is 6.20 Å². The second-order valence-electron chi connectivity index (χ2n) is 6.47. The molecule has 0 spiro atoms. The van der Waals surface area contributed by atoms with Gasteiger partial charge in [0.1, 0.15) is 5.82 Å². The number of hydrogen-bond acceptors (Lipinski definition) is 3. The molecule has 2 aromatic heterocycles. The summed E-state index contributed by atoms with van der Waals surface area (Å²) in [5, 5.41) is 4.83. The minimum Gasteiger partial charge on any atom is -0.340 e. The van der Waals surface area contributed by atoms with Crippen LogP contribution in [0.25, 0.3) is 11.0 Å². The summed E-state index contributed by atoms with van der Waals surface area (Å²) in [5.41, 5.74) is 2.87. The molecule has 130 valence electrons. The molecular formula is C18H20ClN5O. The molecule has 0 aliphatic carbocycles. The predicted octanol–water partition coefficient (Wildman–Crippen LogP) is 3.25. The van der Waals surface area contributed by atoms with Crippen molar-refractivity contribution in [3.05, 3.63) is 47.0 Å². The topological polar surface area (TPSA) is 66.8 Å². The Morgan fingerprint density at radius 2 is 2.28 bits per heavy atom. The number of H-pyrrole nitrogens is 1. The van der Waals surface area contributed by atoms with E-state index < -0.39 is 0 Å². The molecule has 25 heavy (non-hydrogen) atoms. The van der Waals surface area contributed by atoms with Crippen LogP contribution >= 0.6 is 11.6 Å². The van der Waals surface area contributed by atoms with E-state index in [1.165, 1.54) is 0 Å². The molecule has 1 aliphatic heterocycles. The van der Waals surface area contributed by atoms with E-state index in [0.29, 0.717) is 17.9 Å². The number of carbonyl (C=O) groups is 1. The number of halogens is 1. The van der Waals surface area contributed by atoms with Gasteiger partial charge < -0.3 is 9.88 Å². The molecule has 6 nitrogen and oxygen atoms in total. The van der Waals surface area contributed by atoms with Crippen molar-refractivity contribution >= 4 is 28.5 Å². The van der Waals surface area contributed by atoms with E-state index in [2.05, 4.69) is 15.1 Å². The molecular weight excluding hydrogens is 338 g/mol. The van der Waals surface area contributed by atoms with Gasteiger partial charge in [-0.15, -0.1) is 0 Å². The van der Waals surface area contributed by atoms with Gasteiger partial charge in [0.15, 0.2) is 0 Å². The van der Waals surface area contributed by atoms with E-state index >= 15 is 0 Å². The van der Waals surface area contributed by atoms with Crippen LogP contribution in [-0.2, 0) is 18.3 Å². The van der Waals surface area contributed by atoms with Gasteiger partial charge in [0, 0.05) is 36.9 Å². The molecule has 1 N–H and O–H groups in total. The minimum atomic E-state index is 0.0187. The van der Waals surface area contributed by atoms with Crippen molar-refractivity contribution in [1.29, 1.82) is 0 Å². The van der Waals surface area contributed by atoms with Crippen molar-refractivity contribution in [3.8, 4) is 0 Å². The Bertz CT molecular complexity index is 915. The second-order valence-corrected chi connectivity index (χ2v) is 6.91. The largest absolute Gasteiger partial charge is 0.340 e. The van der Waals surface area contributed by atoms with Gasteiger partial charge in [-0.3, -0.25) is 9.48 Å². The highest BCUT2D eigenvalue weighted by Crippen LogP contribution is 2.32. The highest BCUT2D eigenvalue weighted by Gasteiger charge is 2.31. The number of imidazole rings is 1. The van der Waals surface area contributed by atoms with Gasteiger partial charge in [0.2, 0.25) is 5.91 Å². The van der Waals surface area contributed by atoms with E-state index in [9.17, 15) is 4.79 Å². The molecule has 1 saturated heterocycles. The maximum atomic E-state index is 12.7. The molecule has 0 bridgehead atoms. The average Bonchev–Trinajstić information content (AvgIpc) is 3.30. The molecule has 0 saturated carbocycles. The number of benzene rings is 1. The highest BCUT2D eigenvalue weighted by molar-refractivity contribution is 6.31. The lowest BCUT2D eigenvalue weighted by atomic mass is 10.2. The van der Waals surface area contributed by atoms with Gasteiger partial charge in [0.05, 0.1) is 17.1 Å². The third-order valence-corrected chi connectivity index (χ3v) is 5.10. The van der Waals surface area contributed by atoms with Crippen molar-refractivity contribution in [2.75, 3.05) is 6.54 Å². The van der Waals surface area contributed by atoms with Crippen LogP contribution < -0.4 is 0 Å². The molecule has 1 atom stereocenters. The maximum absolute atomic E-state index is 12.7. The first-order chi connectivity index (χ1) is 12.1. The Labute approximate surface area is 150 Å². The monoisotopic (exact) mass is 357 g/mol. The summed E-state index contributed by atoms with van der Waals surface area (Å²) in [7, 11) is 1.90. The van der Waals surface area contributed by atoms with Crippen LogP contribution in [0, 0.1) is 0 Å². The van der Waals surface area contributed by atoms with Gasteiger partial charge >= 0.3 is 0 Å². The summed E-state index contributed by atoms with van der Waals surface area (Å²) in [6.45, 7) is 0.784. The maximum Gasteiger partial charge on any atom is 0.223 e. The summed E-state index contributed by atoms with van der Waals surface area (Å²) in [6, 6.07) is 7.58. The number of aromatic nitrogens is 4. The number of nitrogens with one attached hydrogen (secondary N) is 1. The van der Waals surface area contributed by atoms with Crippen molar-refractivity contribution < 1.29 is 4.79 Å². The molecule has 0 unspecified atom stereocenters. The van der Waals surface area contributed by atoms with Gasteiger partial charge in [-0.2, -0.15) is 5.10 Å². The summed E-state index contributed by atoms with van der Waals surface area (Å²) in [6.07, 6.45) is 4.89. The van der Waals surface area contributed by atoms with Crippen molar-refractivity contribution in [2.45, 2.75) is 31.7 Å². The predicted molar refractivity (Wildman–Crippen MR) is 96.3 cm³/mol. The van der Waals surface area contributed by atoms with Gasteiger partial charge in [0.25, 0.3) is 0 Å². The Morgan fingerprint density at radius 1 is 1.40 bits per heavy atom. The minimum absolute atomic E-state index is 0.0187. The van der Waals surface area contributed by atoms with Crippen LogP contribution in [0.4, 0.5) is 0 Å². The average molecular weight is 358 g/mol. The van der Waals surface area contributed by atoms with Crippen molar-refractivity contribution in [1.82, 2.24) is 24.6 Å². The number of rotatable bonds is 4. The zero-order valence-electron chi connectivity index (χ0n) is 14.1. The number of aromatic amines is 1. The lowest BCUT2D eigenvalue weighted by Crippen LogP contribution is -2.31. The second kappa shape index (κ2) is 6.52.